The van der Waals surface area contributed by atoms with Crippen LogP contribution in [0.25, 0.3) is 0 Å². The Morgan fingerprint density at radius 1 is 1.22 bits per heavy atom. The van der Waals surface area contributed by atoms with Gasteiger partial charge in [0.2, 0.25) is 5.79 Å². The van der Waals surface area contributed by atoms with E-state index >= 15 is 0 Å². The first-order chi connectivity index (χ1) is 13.0. The van der Waals surface area contributed by atoms with Crippen LogP contribution in [-0.4, -0.2) is 37.9 Å². The van der Waals surface area contributed by atoms with E-state index in [1.807, 2.05) is 18.2 Å². The van der Waals surface area contributed by atoms with E-state index in [4.69, 9.17) is 24.1 Å². The number of rotatable bonds is 7. The highest BCUT2D eigenvalue weighted by Crippen LogP contribution is 2.46. The molecule has 0 bridgehead atoms. The van der Waals surface area contributed by atoms with E-state index in [9.17, 15) is 10.1 Å². The van der Waals surface area contributed by atoms with Crippen LogP contribution >= 0.6 is 0 Å². The Bertz CT molecular complexity index is 728. The van der Waals surface area contributed by atoms with Crippen molar-refractivity contribution in [3.05, 3.63) is 23.8 Å². The van der Waals surface area contributed by atoms with Crippen LogP contribution in [-0.2, 0) is 14.9 Å². The molecular formula is C20H25NO6. The molecule has 0 aliphatic heterocycles. The fourth-order valence-electron chi connectivity index (χ4n) is 3.61. The van der Waals surface area contributed by atoms with Gasteiger partial charge >= 0.3 is 6.16 Å². The number of methoxy groups -OCH3 is 2. The molecule has 1 N–H and O–H groups in total. The van der Waals surface area contributed by atoms with Crippen molar-refractivity contribution in [3.63, 3.8) is 0 Å². The third-order valence-electron chi connectivity index (χ3n) is 5.61. The van der Waals surface area contributed by atoms with Crippen LogP contribution in [0.4, 0.5) is 4.79 Å². The summed E-state index contributed by atoms with van der Waals surface area (Å²) in [6.07, 6.45) is 2.49. The number of nitriles is 1. The van der Waals surface area contributed by atoms with Gasteiger partial charge in [-0.1, -0.05) is 6.07 Å². The van der Waals surface area contributed by atoms with Crippen molar-refractivity contribution in [2.45, 2.75) is 49.7 Å². The molecule has 3 rings (SSSR count). The molecule has 0 heterocycles. The van der Waals surface area contributed by atoms with E-state index in [1.165, 1.54) is 20.0 Å². The van der Waals surface area contributed by atoms with Crippen LogP contribution in [0.3, 0.4) is 0 Å². The maximum atomic E-state index is 11.0. The lowest BCUT2D eigenvalue weighted by Crippen LogP contribution is -2.45. The molecule has 0 atom stereocenters. The molecular weight excluding hydrogens is 350 g/mol. The summed E-state index contributed by atoms with van der Waals surface area (Å²) >= 11 is 0. The molecule has 0 saturated heterocycles. The van der Waals surface area contributed by atoms with Crippen molar-refractivity contribution in [1.29, 1.82) is 5.26 Å². The fraction of sp³-hybridized carbons (Fsp3) is 0.600. The molecule has 27 heavy (non-hydrogen) atoms. The zero-order chi connectivity index (χ0) is 19.5. The molecule has 146 valence electrons. The average molecular weight is 375 g/mol. The van der Waals surface area contributed by atoms with Crippen LogP contribution in [0.5, 0.6) is 11.5 Å². The Labute approximate surface area is 158 Å². The van der Waals surface area contributed by atoms with Crippen LogP contribution in [0.15, 0.2) is 18.2 Å². The predicted molar refractivity (Wildman–Crippen MR) is 95.8 cm³/mol. The number of nitrogens with zero attached hydrogens (tertiary/aromatic N) is 1. The maximum Gasteiger partial charge on any atom is 0.508 e. The van der Waals surface area contributed by atoms with Crippen LogP contribution in [0.1, 0.15) is 44.1 Å². The van der Waals surface area contributed by atoms with Gasteiger partial charge in [-0.25, -0.2) is 4.79 Å². The van der Waals surface area contributed by atoms with Crippen molar-refractivity contribution < 1.29 is 28.8 Å². The highest BCUT2D eigenvalue weighted by atomic mass is 16.8. The molecule has 7 heteroatoms. The van der Waals surface area contributed by atoms with Gasteiger partial charge in [-0.05, 0) is 49.3 Å². The summed E-state index contributed by atoms with van der Waals surface area (Å²) in [6.45, 7) is 0.651. The first kappa shape index (κ1) is 19.3. The van der Waals surface area contributed by atoms with E-state index in [1.54, 1.807) is 7.11 Å². The number of carbonyl (C=O) groups is 1. The molecule has 0 aromatic heterocycles. The number of ether oxygens (including phenoxy) is 4. The van der Waals surface area contributed by atoms with E-state index < -0.39 is 17.4 Å². The Kier molecular flexibility index (Phi) is 5.47. The number of hydrogen-bond acceptors (Lipinski definition) is 6. The summed E-state index contributed by atoms with van der Waals surface area (Å²) in [5.41, 5.74) is 0.102. The zero-order valence-corrected chi connectivity index (χ0v) is 15.7. The standard InChI is InChI=1S/C20H25NO6/c1-24-16-6-5-15(11-17(16)26-12-14-3-4-14)19(13-21)7-9-20(25-2,10-8-19)27-18(22)23/h5-6,11,14H,3-4,7-10,12H2,1-2H3,(H,22,23). The lowest BCUT2D eigenvalue weighted by Gasteiger charge is -2.41. The second kappa shape index (κ2) is 7.65. The highest BCUT2D eigenvalue weighted by Gasteiger charge is 2.47. The summed E-state index contributed by atoms with van der Waals surface area (Å²) in [7, 11) is 3.02. The first-order valence-corrected chi connectivity index (χ1v) is 9.15. The van der Waals surface area contributed by atoms with Gasteiger partial charge in [0, 0.05) is 20.0 Å². The van der Waals surface area contributed by atoms with E-state index in [-0.39, 0.29) is 0 Å². The second-order valence-electron chi connectivity index (χ2n) is 7.30. The summed E-state index contributed by atoms with van der Waals surface area (Å²) in [6, 6.07) is 8.01. The Morgan fingerprint density at radius 2 is 1.93 bits per heavy atom. The van der Waals surface area contributed by atoms with E-state index in [0.717, 1.165) is 5.56 Å². The van der Waals surface area contributed by atoms with Crippen molar-refractivity contribution in [3.8, 4) is 17.6 Å². The Balaban J connectivity index is 1.81. The fourth-order valence-corrected chi connectivity index (χ4v) is 3.61. The molecule has 0 radical (unpaired) electrons. The highest BCUT2D eigenvalue weighted by molar-refractivity contribution is 5.57. The molecule has 2 aliphatic rings. The summed E-state index contributed by atoms with van der Waals surface area (Å²) in [5, 5.41) is 18.9. The molecule has 2 fully saturated rings. The first-order valence-electron chi connectivity index (χ1n) is 9.15. The van der Waals surface area contributed by atoms with Crippen molar-refractivity contribution in [1.82, 2.24) is 0 Å². The zero-order valence-electron chi connectivity index (χ0n) is 15.7. The van der Waals surface area contributed by atoms with Crippen molar-refractivity contribution in [2.75, 3.05) is 20.8 Å². The van der Waals surface area contributed by atoms with E-state index in [2.05, 4.69) is 6.07 Å². The van der Waals surface area contributed by atoms with E-state index in [0.29, 0.717) is 49.7 Å². The molecule has 0 amide bonds. The Morgan fingerprint density at radius 3 is 2.44 bits per heavy atom. The van der Waals surface area contributed by atoms with Gasteiger partial charge in [0.1, 0.15) is 0 Å². The SMILES string of the molecule is COc1ccc(C2(C#N)CCC(OC)(OC(=O)O)CC2)cc1OCC1CC1. The van der Waals surface area contributed by atoms with Gasteiger partial charge in [-0.3, -0.25) is 0 Å². The molecule has 7 nitrogen and oxygen atoms in total. The largest absolute Gasteiger partial charge is 0.508 e. The van der Waals surface area contributed by atoms with Gasteiger partial charge in [-0.2, -0.15) is 5.26 Å². The molecule has 2 saturated carbocycles. The molecule has 1 aromatic rings. The topological polar surface area (TPSA) is 98.0 Å². The minimum atomic E-state index is -1.37. The minimum absolute atomic E-state index is 0.313. The monoisotopic (exact) mass is 375 g/mol. The van der Waals surface area contributed by atoms with Gasteiger partial charge in [0.15, 0.2) is 11.5 Å². The lowest BCUT2D eigenvalue weighted by molar-refractivity contribution is -0.215. The molecule has 0 spiro atoms. The smallest absolute Gasteiger partial charge is 0.493 e. The third kappa shape index (κ3) is 4.11. The molecule has 1 aromatic carbocycles. The van der Waals surface area contributed by atoms with Crippen LogP contribution in [0.2, 0.25) is 0 Å². The molecule has 2 aliphatic carbocycles. The van der Waals surface area contributed by atoms with Gasteiger partial charge < -0.3 is 24.1 Å². The summed E-state index contributed by atoms with van der Waals surface area (Å²) in [4.78, 5) is 11.0. The quantitative estimate of drug-likeness (QED) is 0.571. The van der Waals surface area contributed by atoms with Crippen molar-refractivity contribution in [2.24, 2.45) is 5.92 Å². The minimum Gasteiger partial charge on any atom is -0.493 e. The van der Waals surface area contributed by atoms with Gasteiger partial charge in [-0.15, -0.1) is 0 Å². The van der Waals surface area contributed by atoms with Crippen LogP contribution in [0, 0.1) is 17.2 Å². The predicted octanol–water partition coefficient (Wildman–Crippen LogP) is 3.86. The second-order valence-corrected chi connectivity index (χ2v) is 7.30. The summed E-state index contributed by atoms with van der Waals surface area (Å²) < 4.78 is 21.6. The Hall–Kier alpha value is -2.46. The number of benzene rings is 1. The lowest BCUT2D eigenvalue weighted by atomic mass is 9.68. The van der Waals surface area contributed by atoms with Crippen molar-refractivity contribution >= 4 is 6.16 Å². The summed E-state index contributed by atoms with van der Waals surface area (Å²) in [5.74, 6) is 0.698. The average Bonchev–Trinajstić information content (AvgIpc) is 3.51. The third-order valence-corrected chi connectivity index (χ3v) is 5.61. The molecule has 0 unspecified atom stereocenters. The van der Waals surface area contributed by atoms with Gasteiger partial charge in [0.05, 0.1) is 25.2 Å². The maximum absolute atomic E-state index is 11.0. The normalized spacial score (nSPS) is 27.4. The number of hydrogen-bond donors (Lipinski definition) is 1. The number of carboxylic acid groups (broad SMARTS) is 1. The van der Waals surface area contributed by atoms with Crippen LogP contribution < -0.4 is 9.47 Å². The van der Waals surface area contributed by atoms with Gasteiger partial charge in [0.25, 0.3) is 0 Å².